The molecule has 42 heavy (non-hydrogen) atoms. The van der Waals surface area contributed by atoms with Gasteiger partial charge < -0.3 is 14.8 Å². The van der Waals surface area contributed by atoms with Crippen LogP contribution in [-0.4, -0.2) is 66.6 Å². The van der Waals surface area contributed by atoms with Gasteiger partial charge >= 0.3 is 6.09 Å². The van der Waals surface area contributed by atoms with Gasteiger partial charge in [-0.05, 0) is 63.4 Å². The number of rotatable bonds is 7. The summed E-state index contributed by atoms with van der Waals surface area (Å²) in [6.45, 7) is 9.03. The third-order valence-corrected chi connectivity index (χ3v) is 8.23. The zero-order valence-electron chi connectivity index (χ0n) is 24.1. The van der Waals surface area contributed by atoms with Crippen LogP contribution in [0.4, 0.5) is 10.7 Å². The lowest BCUT2D eigenvalue weighted by Gasteiger charge is -2.27. The van der Waals surface area contributed by atoms with Gasteiger partial charge in [-0.3, -0.25) is 9.69 Å². The molecule has 1 aliphatic heterocycles. The van der Waals surface area contributed by atoms with E-state index >= 15 is 0 Å². The zero-order valence-corrected chi connectivity index (χ0v) is 26.5. The van der Waals surface area contributed by atoms with E-state index in [1.54, 1.807) is 39.0 Å². The monoisotopic (exact) mass is 659 g/mol. The molecule has 0 saturated carbocycles. The van der Waals surface area contributed by atoms with Gasteiger partial charge in [-0.2, -0.15) is 4.98 Å². The maximum absolute atomic E-state index is 13.3. The van der Waals surface area contributed by atoms with Crippen molar-refractivity contribution < 1.29 is 27.5 Å². The number of ether oxygens (including phenoxy) is 2. The topological polar surface area (TPSA) is 140 Å². The van der Waals surface area contributed by atoms with Crippen molar-refractivity contribution in [3.8, 4) is 17.1 Å². The highest BCUT2D eigenvalue weighted by atomic mass is 79.9. The number of anilines is 1. The Hall–Kier alpha value is -3.71. The van der Waals surface area contributed by atoms with E-state index in [2.05, 4.69) is 35.9 Å². The fraction of sp³-hybridized carbons (Fsp3) is 0.379. The van der Waals surface area contributed by atoms with Crippen LogP contribution in [-0.2, 0) is 24.9 Å². The van der Waals surface area contributed by atoms with Crippen LogP contribution in [0.1, 0.15) is 37.5 Å². The molecule has 0 radical (unpaired) electrons. The molecule has 0 spiro atoms. The number of carbonyl (C=O) groups excluding carboxylic acids is 2. The summed E-state index contributed by atoms with van der Waals surface area (Å²) in [5.41, 5.74) is 3.15. The van der Waals surface area contributed by atoms with Gasteiger partial charge in [0.25, 0.3) is 10.0 Å². The van der Waals surface area contributed by atoms with Gasteiger partial charge in [0.2, 0.25) is 17.7 Å². The highest BCUT2D eigenvalue weighted by molar-refractivity contribution is 9.08. The number of carbonyl (C=O) groups is 2. The largest absolute Gasteiger partial charge is 0.470 e. The molecule has 1 saturated heterocycles. The first-order chi connectivity index (χ1) is 19.7. The summed E-state index contributed by atoms with van der Waals surface area (Å²) in [5, 5.41) is 3.23. The molecule has 1 aliphatic rings. The lowest BCUT2D eigenvalue weighted by molar-refractivity contribution is -0.121. The number of hydrogen-bond donors (Lipinski definition) is 2. The van der Waals surface area contributed by atoms with Crippen molar-refractivity contribution in [3.05, 3.63) is 65.2 Å². The Kier molecular flexibility index (Phi) is 9.41. The summed E-state index contributed by atoms with van der Waals surface area (Å²) in [4.78, 5) is 35.4. The summed E-state index contributed by atoms with van der Waals surface area (Å²) in [7, 11) is -4.04. The summed E-state index contributed by atoms with van der Waals surface area (Å²) in [5.74, 6) is -0.471. The minimum atomic E-state index is -4.04. The summed E-state index contributed by atoms with van der Waals surface area (Å²) in [6, 6.07) is 13.9. The predicted molar refractivity (Wildman–Crippen MR) is 162 cm³/mol. The molecule has 1 unspecified atom stereocenters. The SMILES string of the molecule is Cc1cccc(C)c1-c1cc(OC2CNC(=O)CN(C(=O)OC(C)(C)C)C2)nc(NS(=O)(=O)c2cccc(CBr)c2)n1. The molecule has 224 valence electrons. The Labute approximate surface area is 254 Å². The molecule has 2 amide bonds. The number of nitrogens with one attached hydrogen (secondary N) is 2. The molecule has 2 N–H and O–H groups in total. The van der Waals surface area contributed by atoms with Crippen LogP contribution in [0.5, 0.6) is 5.88 Å². The van der Waals surface area contributed by atoms with Crippen LogP contribution in [0.2, 0.25) is 0 Å². The smallest absolute Gasteiger partial charge is 0.410 e. The molecular formula is C29H34BrN5O6S. The average Bonchev–Trinajstić information content (AvgIpc) is 3.08. The average molecular weight is 661 g/mol. The zero-order chi connectivity index (χ0) is 30.7. The molecule has 0 bridgehead atoms. The van der Waals surface area contributed by atoms with Crippen LogP contribution >= 0.6 is 15.9 Å². The Morgan fingerprint density at radius 1 is 1.12 bits per heavy atom. The van der Waals surface area contributed by atoms with E-state index in [1.807, 2.05) is 38.1 Å². The van der Waals surface area contributed by atoms with Gasteiger partial charge in [0, 0.05) is 17.0 Å². The van der Waals surface area contributed by atoms with Gasteiger partial charge in [0.05, 0.1) is 23.7 Å². The van der Waals surface area contributed by atoms with E-state index in [-0.39, 0.29) is 42.3 Å². The first kappa shape index (κ1) is 31.2. The van der Waals surface area contributed by atoms with E-state index in [9.17, 15) is 18.0 Å². The first-order valence-electron chi connectivity index (χ1n) is 13.3. The van der Waals surface area contributed by atoms with Crippen LogP contribution in [0.25, 0.3) is 11.3 Å². The number of halogens is 1. The Balaban J connectivity index is 1.70. The minimum absolute atomic E-state index is 0.0385. The molecule has 4 rings (SSSR count). The number of benzene rings is 2. The second-order valence-corrected chi connectivity index (χ2v) is 13.2. The molecular weight excluding hydrogens is 626 g/mol. The molecule has 1 fully saturated rings. The van der Waals surface area contributed by atoms with Crippen LogP contribution in [0, 0.1) is 13.8 Å². The molecule has 13 heteroatoms. The molecule has 1 atom stereocenters. The Morgan fingerprint density at radius 2 is 1.81 bits per heavy atom. The van der Waals surface area contributed by atoms with Gasteiger partial charge in [0.1, 0.15) is 18.2 Å². The molecule has 2 aromatic carbocycles. The van der Waals surface area contributed by atoms with Crippen molar-refractivity contribution in [1.82, 2.24) is 20.2 Å². The summed E-state index contributed by atoms with van der Waals surface area (Å²) in [6.07, 6.45) is -1.35. The normalized spacial score (nSPS) is 15.9. The van der Waals surface area contributed by atoms with Crippen molar-refractivity contribution in [3.63, 3.8) is 0 Å². The third kappa shape index (κ3) is 7.97. The summed E-state index contributed by atoms with van der Waals surface area (Å²) >= 11 is 3.35. The third-order valence-electron chi connectivity index (χ3n) is 6.25. The second-order valence-electron chi connectivity index (χ2n) is 11.0. The van der Waals surface area contributed by atoms with E-state index in [4.69, 9.17) is 9.47 Å². The number of sulfonamides is 1. The predicted octanol–water partition coefficient (Wildman–Crippen LogP) is 4.57. The van der Waals surface area contributed by atoms with Gasteiger partial charge in [-0.1, -0.05) is 46.3 Å². The number of aryl methyl sites for hydroxylation is 2. The number of nitrogens with zero attached hydrogens (tertiary/aromatic N) is 3. The molecule has 1 aromatic heterocycles. The molecule has 2 heterocycles. The van der Waals surface area contributed by atoms with Gasteiger partial charge in [-0.15, -0.1) is 0 Å². The van der Waals surface area contributed by atoms with Crippen LogP contribution in [0.3, 0.4) is 0 Å². The van der Waals surface area contributed by atoms with Crippen molar-refractivity contribution in [2.75, 3.05) is 24.4 Å². The van der Waals surface area contributed by atoms with E-state index < -0.39 is 27.8 Å². The lowest BCUT2D eigenvalue weighted by Crippen LogP contribution is -2.43. The quantitative estimate of drug-likeness (QED) is 0.352. The number of alkyl halides is 1. The van der Waals surface area contributed by atoms with Gasteiger partial charge in [0.15, 0.2) is 0 Å². The second kappa shape index (κ2) is 12.7. The van der Waals surface area contributed by atoms with Crippen molar-refractivity contribution >= 4 is 43.9 Å². The minimum Gasteiger partial charge on any atom is -0.470 e. The lowest BCUT2D eigenvalue weighted by atomic mass is 10.00. The fourth-order valence-corrected chi connectivity index (χ4v) is 5.76. The number of aromatic nitrogens is 2. The highest BCUT2D eigenvalue weighted by Gasteiger charge is 2.30. The fourth-order valence-electron chi connectivity index (χ4n) is 4.40. The van der Waals surface area contributed by atoms with Crippen LogP contribution < -0.4 is 14.8 Å². The Morgan fingerprint density at radius 3 is 2.48 bits per heavy atom. The van der Waals surface area contributed by atoms with Crippen LogP contribution in [0.15, 0.2) is 53.4 Å². The number of amides is 2. The maximum Gasteiger partial charge on any atom is 0.410 e. The standard InChI is InChI=1S/C29H34BrN5O6S/c1-18-8-6-9-19(2)26(18)23-13-25(33-27(32-23)34-42(38,39)22-11-7-10-20(12-22)14-30)40-21-15-31-24(36)17-35(16-21)28(37)41-29(3,4)5/h6-13,21H,14-17H2,1-5H3,(H,31,36)(H,32,33,34). The van der Waals surface area contributed by atoms with Crippen molar-refractivity contribution in [2.24, 2.45) is 0 Å². The maximum atomic E-state index is 13.3. The summed E-state index contributed by atoms with van der Waals surface area (Å²) < 4.78 is 40.8. The van der Waals surface area contributed by atoms with E-state index in [1.165, 1.54) is 11.0 Å². The highest BCUT2D eigenvalue weighted by Crippen LogP contribution is 2.30. The Bertz CT molecular complexity index is 1570. The molecule has 3 aromatic rings. The van der Waals surface area contributed by atoms with Gasteiger partial charge in [-0.25, -0.2) is 22.9 Å². The number of hydrogen-bond acceptors (Lipinski definition) is 8. The van der Waals surface area contributed by atoms with Crippen molar-refractivity contribution in [1.29, 1.82) is 0 Å². The first-order valence-corrected chi connectivity index (χ1v) is 15.9. The van der Waals surface area contributed by atoms with Crippen molar-refractivity contribution in [2.45, 2.75) is 56.5 Å². The van der Waals surface area contributed by atoms with E-state index in [0.29, 0.717) is 11.0 Å². The van der Waals surface area contributed by atoms with E-state index in [0.717, 1.165) is 22.3 Å². The molecule has 0 aliphatic carbocycles. The molecule has 11 nitrogen and oxygen atoms in total.